The minimum atomic E-state index is -0.940. The molecule has 16 heavy (non-hydrogen) atoms. The lowest BCUT2D eigenvalue weighted by Crippen LogP contribution is -2.18. The quantitative estimate of drug-likeness (QED) is 0.910. The van der Waals surface area contributed by atoms with Crippen molar-refractivity contribution in [1.82, 2.24) is 0 Å². The second kappa shape index (κ2) is 4.51. The highest BCUT2D eigenvalue weighted by atomic mass is 79.9. The molecule has 0 spiro atoms. The van der Waals surface area contributed by atoms with Gasteiger partial charge in [0.2, 0.25) is 0 Å². The molecule has 1 N–H and O–H groups in total. The average molecular weight is 289 g/mol. The Morgan fingerprint density at radius 3 is 2.94 bits per heavy atom. The second-order valence-corrected chi connectivity index (χ2v) is 4.61. The van der Waals surface area contributed by atoms with Gasteiger partial charge in [-0.15, -0.1) is 0 Å². The van der Waals surface area contributed by atoms with Gasteiger partial charge in [-0.1, -0.05) is 22.0 Å². The molecule has 0 aliphatic carbocycles. The van der Waals surface area contributed by atoms with Crippen LogP contribution in [-0.4, -0.2) is 17.7 Å². The Balaban J connectivity index is 2.32. The van der Waals surface area contributed by atoms with Gasteiger partial charge in [0.05, 0.1) is 12.0 Å². The summed E-state index contributed by atoms with van der Waals surface area (Å²) in [7, 11) is 0. The Bertz CT molecular complexity index is 422. The van der Waals surface area contributed by atoms with E-state index in [1.54, 1.807) is 12.1 Å². The van der Waals surface area contributed by atoms with Gasteiger partial charge in [-0.3, -0.25) is 4.79 Å². The first-order valence-electron chi connectivity index (χ1n) is 4.89. The zero-order chi connectivity index (χ0) is 11.7. The average Bonchev–Trinajstić information content (AvgIpc) is 2.66. The fourth-order valence-electron chi connectivity index (χ4n) is 1.88. The molecular weight excluding hydrogens is 279 g/mol. The van der Waals surface area contributed by atoms with E-state index in [4.69, 9.17) is 9.84 Å². The monoisotopic (exact) mass is 288 g/mol. The summed E-state index contributed by atoms with van der Waals surface area (Å²) in [5, 5.41) is 8.98. The van der Waals surface area contributed by atoms with Crippen LogP contribution in [-0.2, 0) is 9.53 Å². The van der Waals surface area contributed by atoms with Crippen LogP contribution in [0.3, 0.4) is 0 Å². The number of carbonyl (C=O) groups is 1. The summed E-state index contributed by atoms with van der Waals surface area (Å²) in [5.41, 5.74) is 0.313. The van der Waals surface area contributed by atoms with Gasteiger partial charge >= 0.3 is 5.97 Å². The van der Waals surface area contributed by atoms with E-state index in [9.17, 15) is 9.18 Å². The van der Waals surface area contributed by atoms with Crippen molar-refractivity contribution in [2.75, 3.05) is 6.61 Å². The van der Waals surface area contributed by atoms with Gasteiger partial charge in [0.25, 0.3) is 0 Å². The Morgan fingerprint density at radius 2 is 2.31 bits per heavy atom. The van der Waals surface area contributed by atoms with Crippen molar-refractivity contribution >= 4 is 21.9 Å². The van der Waals surface area contributed by atoms with Crippen LogP contribution in [0.1, 0.15) is 18.1 Å². The maximum atomic E-state index is 13.6. The molecule has 2 atom stereocenters. The summed E-state index contributed by atoms with van der Waals surface area (Å²) in [6, 6.07) is 4.56. The molecule has 1 aliphatic rings. The third-order valence-electron chi connectivity index (χ3n) is 2.68. The molecule has 1 aliphatic heterocycles. The van der Waals surface area contributed by atoms with Crippen LogP contribution in [0.25, 0.3) is 0 Å². The normalized spacial score (nSPS) is 24.6. The van der Waals surface area contributed by atoms with Crippen molar-refractivity contribution in [2.24, 2.45) is 5.92 Å². The first-order chi connectivity index (χ1) is 7.59. The van der Waals surface area contributed by atoms with Gasteiger partial charge < -0.3 is 9.84 Å². The van der Waals surface area contributed by atoms with Crippen molar-refractivity contribution in [3.63, 3.8) is 0 Å². The minimum absolute atomic E-state index is 0.313. The van der Waals surface area contributed by atoms with Crippen LogP contribution < -0.4 is 0 Å². The molecule has 3 nitrogen and oxygen atoms in total. The summed E-state index contributed by atoms with van der Waals surface area (Å²) in [5.74, 6) is -2.03. The van der Waals surface area contributed by atoms with Gasteiger partial charge in [0, 0.05) is 16.6 Å². The molecule has 0 amide bonds. The molecule has 1 fully saturated rings. The Labute approximate surface area is 100 Å². The molecule has 0 saturated carbocycles. The number of ether oxygens (including phenoxy) is 1. The van der Waals surface area contributed by atoms with Gasteiger partial charge in [-0.2, -0.15) is 0 Å². The predicted molar refractivity (Wildman–Crippen MR) is 58.5 cm³/mol. The van der Waals surface area contributed by atoms with Crippen LogP contribution >= 0.6 is 15.9 Å². The van der Waals surface area contributed by atoms with E-state index in [2.05, 4.69) is 15.9 Å². The molecular formula is C11H10BrFO3. The topological polar surface area (TPSA) is 46.5 Å². The lowest BCUT2D eigenvalue weighted by Gasteiger charge is -2.16. The molecule has 0 aromatic heterocycles. The SMILES string of the molecule is O=C(O)C1CCOC1c1ccc(Br)cc1F. The molecule has 1 heterocycles. The fraction of sp³-hybridized carbons (Fsp3) is 0.364. The van der Waals surface area contributed by atoms with Gasteiger partial charge in [0.15, 0.2) is 0 Å². The highest BCUT2D eigenvalue weighted by molar-refractivity contribution is 9.10. The maximum absolute atomic E-state index is 13.6. The number of hydrogen-bond acceptors (Lipinski definition) is 2. The van der Waals surface area contributed by atoms with E-state index in [-0.39, 0.29) is 0 Å². The van der Waals surface area contributed by atoms with Gasteiger partial charge in [0.1, 0.15) is 5.82 Å². The number of benzene rings is 1. The summed E-state index contributed by atoms with van der Waals surface area (Å²) in [6.45, 7) is 0.358. The number of halogens is 2. The van der Waals surface area contributed by atoms with E-state index in [0.29, 0.717) is 23.1 Å². The number of carboxylic acids is 1. The first kappa shape index (κ1) is 11.5. The van der Waals surface area contributed by atoms with Crippen molar-refractivity contribution in [3.8, 4) is 0 Å². The maximum Gasteiger partial charge on any atom is 0.309 e. The molecule has 0 radical (unpaired) electrons. The predicted octanol–water partition coefficient (Wildman–Crippen LogP) is 2.75. The molecule has 1 aromatic rings. The van der Waals surface area contributed by atoms with E-state index in [1.807, 2.05) is 0 Å². The van der Waals surface area contributed by atoms with Crippen LogP contribution in [0.4, 0.5) is 4.39 Å². The highest BCUT2D eigenvalue weighted by Crippen LogP contribution is 2.36. The molecule has 2 rings (SSSR count). The smallest absolute Gasteiger partial charge is 0.309 e. The third kappa shape index (κ3) is 2.10. The zero-order valence-electron chi connectivity index (χ0n) is 8.32. The molecule has 2 unspecified atom stereocenters. The van der Waals surface area contributed by atoms with Crippen molar-refractivity contribution in [3.05, 3.63) is 34.1 Å². The number of rotatable bonds is 2. The van der Waals surface area contributed by atoms with Crippen molar-refractivity contribution in [2.45, 2.75) is 12.5 Å². The Hall–Kier alpha value is -0.940. The number of aliphatic carboxylic acids is 1. The second-order valence-electron chi connectivity index (χ2n) is 3.69. The molecule has 0 bridgehead atoms. The summed E-state index contributed by atoms with van der Waals surface area (Å²) in [6.07, 6.45) is -0.249. The van der Waals surface area contributed by atoms with Gasteiger partial charge in [-0.05, 0) is 18.6 Å². The molecule has 1 saturated heterocycles. The lowest BCUT2D eigenvalue weighted by atomic mass is 9.95. The van der Waals surface area contributed by atoms with E-state index in [1.165, 1.54) is 6.07 Å². The Kier molecular flexibility index (Phi) is 3.25. The van der Waals surface area contributed by atoms with Crippen molar-refractivity contribution < 1.29 is 19.0 Å². The zero-order valence-corrected chi connectivity index (χ0v) is 9.91. The molecule has 86 valence electrons. The van der Waals surface area contributed by atoms with Crippen LogP contribution in [0.5, 0.6) is 0 Å². The van der Waals surface area contributed by atoms with Crippen LogP contribution in [0.2, 0.25) is 0 Å². The van der Waals surface area contributed by atoms with Crippen LogP contribution in [0.15, 0.2) is 22.7 Å². The number of hydrogen-bond donors (Lipinski definition) is 1. The highest BCUT2D eigenvalue weighted by Gasteiger charge is 2.36. The standard InChI is InChI=1S/C11H10BrFO3/c12-6-1-2-7(9(13)5-6)10-8(11(14)15)3-4-16-10/h1-2,5,8,10H,3-4H2,(H,14,15). The van der Waals surface area contributed by atoms with E-state index < -0.39 is 23.8 Å². The largest absolute Gasteiger partial charge is 0.481 e. The van der Waals surface area contributed by atoms with Crippen LogP contribution in [0, 0.1) is 11.7 Å². The third-order valence-corrected chi connectivity index (χ3v) is 3.17. The minimum Gasteiger partial charge on any atom is -0.481 e. The fourth-order valence-corrected chi connectivity index (χ4v) is 2.21. The molecule has 5 heteroatoms. The van der Waals surface area contributed by atoms with E-state index >= 15 is 0 Å². The molecule has 1 aromatic carbocycles. The number of carboxylic acid groups (broad SMARTS) is 1. The summed E-state index contributed by atoms with van der Waals surface area (Å²) < 4.78 is 19.6. The summed E-state index contributed by atoms with van der Waals surface area (Å²) in [4.78, 5) is 11.0. The lowest BCUT2D eigenvalue weighted by molar-refractivity contribution is -0.143. The van der Waals surface area contributed by atoms with E-state index in [0.717, 1.165) is 0 Å². The Morgan fingerprint density at radius 1 is 1.56 bits per heavy atom. The van der Waals surface area contributed by atoms with Crippen molar-refractivity contribution in [1.29, 1.82) is 0 Å². The summed E-state index contributed by atoms with van der Waals surface area (Å²) >= 11 is 3.15. The van der Waals surface area contributed by atoms with Gasteiger partial charge in [-0.25, -0.2) is 4.39 Å². The first-order valence-corrected chi connectivity index (χ1v) is 5.68.